The van der Waals surface area contributed by atoms with Crippen LogP contribution < -0.4 is 9.46 Å². The van der Waals surface area contributed by atoms with Gasteiger partial charge in [-0.15, -0.1) is 5.10 Å². The minimum atomic E-state index is -3.69. The molecule has 0 spiro atoms. The van der Waals surface area contributed by atoms with Crippen LogP contribution in [-0.4, -0.2) is 28.2 Å². The summed E-state index contributed by atoms with van der Waals surface area (Å²) in [5.74, 6) is 1.09. The Kier molecular flexibility index (Phi) is 5.31. The quantitative estimate of drug-likeness (QED) is 0.467. The number of aromatic amines is 1. The van der Waals surface area contributed by atoms with Gasteiger partial charge in [-0.25, -0.2) is 13.1 Å². The number of nitrogens with zero attached hydrogens (tertiary/aromatic N) is 3. The molecular formula is C21H23N5O3S. The molecule has 0 saturated heterocycles. The molecule has 0 bridgehead atoms. The molecule has 2 aromatic carbocycles. The van der Waals surface area contributed by atoms with Crippen molar-refractivity contribution in [2.75, 3.05) is 0 Å². The fourth-order valence-corrected chi connectivity index (χ4v) is 4.46. The lowest BCUT2D eigenvalue weighted by molar-refractivity contribution is 0.408. The third-order valence-electron chi connectivity index (χ3n) is 4.85. The fraction of sp³-hybridized carbons (Fsp3) is 0.238. The van der Waals surface area contributed by atoms with Gasteiger partial charge in [-0.3, -0.25) is 4.57 Å². The molecular weight excluding hydrogens is 402 g/mol. The van der Waals surface area contributed by atoms with Crippen molar-refractivity contribution in [3.63, 3.8) is 0 Å². The van der Waals surface area contributed by atoms with Gasteiger partial charge in [0.1, 0.15) is 5.75 Å². The zero-order valence-electron chi connectivity index (χ0n) is 17.0. The second-order valence-electron chi connectivity index (χ2n) is 7.07. The minimum Gasteiger partial charge on any atom is -0.424 e. The van der Waals surface area contributed by atoms with Gasteiger partial charge in [-0.1, -0.05) is 22.8 Å². The Labute approximate surface area is 175 Å². The van der Waals surface area contributed by atoms with Gasteiger partial charge in [0, 0.05) is 24.3 Å². The van der Waals surface area contributed by atoms with Crippen LogP contribution in [0.3, 0.4) is 0 Å². The average molecular weight is 426 g/mol. The molecule has 0 saturated carbocycles. The van der Waals surface area contributed by atoms with Crippen LogP contribution in [0.15, 0.2) is 59.6 Å². The van der Waals surface area contributed by atoms with Gasteiger partial charge < -0.3 is 9.72 Å². The van der Waals surface area contributed by atoms with E-state index in [2.05, 4.69) is 19.9 Å². The highest BCUT2D eigenvalue weighted by Gasteiger charge is 2.24. The lowest BCUT2D eigenvalue weighted by atomic mass is 10.2. The van der Waals surface area contributed by atoms with Gasteiger partial charge in [-0.05, 0) is 56.5 Å². The Balaban J connectivity index is 1.57. The van der Waals surface area contributed by atoms with Gasteiger partial charge in [-0.2, -0.15) is 0 Å². The van der Waals surface area contributed by atoms with Crippen LogP contribution in [0.5, 0.6) is 11.8 Å². The fourth-order valence-electron chi connectivity index (χ4n) is 3.26. The molecule has 8 nitrogen and oxygen atoms in total. The largest absolute Gasteiger partial charge is 0.424 e. The molecule has 0 fully saturated rings. The summed E-state index contributed by atoms with van der Waals surface area (Å²) in [7, 11) is -3.69. The SMILES string of the molecule is CCn1c(Oc2ccc3cc[nH]c3c2)nnc1[C@@H](C)NS(=O)(=O)c1ccc(C)cc1. The maximum absolute atomic E-state index is 12.7. The van der Waals surface area contributed by atoms with Gasteiger partial charge in [0.25, 0.3) is 0 Å². The van der Waals surface area contributed by atoms with Crippen LogP contribution in [-0.2, 0) is 16.6 Å². The Morgan fingerprint density at radius 2 is 1.90 bits per heavy atom. The molecule has 156 valence electrons. The van der Waals surface area contributed by atoms with Crippen LogP contribution in [0.2, 0.25) is 0 Å². The molecule has 1 atom stereocenters. The predicted molar refractivity (Wildman–Crippen MR) is 114 cm³/mol. The Bertz CT molecular complexity index is 1280. The van der Waals surface area contributed by atoms with Crippen molar-refractivity contribution in [2.24, 2.45) is 0 Å². The van der Waals surface area contributed by atoms with E-state index in [-0.39, 0.29) is 4.90 Å². The zero-order chi connectivity index (χ0) is 21.3. The van der Waals surface area contributed by atoms with E-state index in [4.69, 9.17) is 4.74 Å². The summed E-state index contributed by atoms with van der Waals surface area (Å²) in [5, 5.41) is 9.39. The van der Waals surface area contributed by atoms with Gasteiger partial charge in [0.05, 0.1) is 10.9 Å². The third kappa shape index (κ3) is 3.94. The lowest BCUT2D eigenvalue weighted by Crippen LogP contribution is -2.29. The number of aromatic nitrogens is 4. The highest BCUT2D eigenvalue weighted by Crippen LogP contribution is 2.26. The first-order valence-corrected chi connectivity index (χ1v) is 11.1. The first-order chi connectivity index (χ1) is 14.4. The summed E-state index contributed by atoms with van der Waals surface area (Å²) in [6.45, 7) is 6.09. The number of nitrogens with one attached hydrogen (secondary N) is 2. The smallest absolute Gasteiger partial charge is 0.322 e. The highest BCUT2D eigenvalue weighted by atomic mass is 32.2. The minimum absolute atomic E-state index is 0.207. The molecule has 0 aliphatic rings. The first kappa shape index (κ1) is 20.1. The molecule has 0 unspecified atom stereocenters. The maximum atomic E-state index is 12.7. The van der Waals surface area contributed by atoms with Crippen LogP contribution in [0, 0.1) is 6.92 Å². The van der Waals surface area contributed by atoms with Gasteiger partial charge >= 0.3 is 6.01 Å². The van der Waals surface area contributed by atoms with E-state index in [1.165, 1.54) is 0 Å². The number of fused-ring (bicyclic) bond motifs is 1. The molecule has 4 rings (SSSR count). The van der Waals surface area contributed by atoms with Crippen LogP contribution in [0.4, 0.5) is 0 Å². The summed E-state index contributed by atoms with van der Waals surface area (Å²) < 4.78 is 35.8. The van der Waals surface area contributed by atoms with Crippen molar-refractivity contribution < 1.29 is 13.2 Å². The van der Waals surface area contributed by atoms with Gasteiger partial charge in [0.15, 0.2) is 5.82 Å². The van der Waals surface area contributed by atoms with E-state index in [9.17, 15) is 8.42 Å². The summed E-state index contributed by atoms with van der Waals surface area (Å²) >= 11 is 0. The third-order valence-corrected chi connectivity index (χ3v) is 6.40. The van der Waals surface area contributed by atoms with E-state index >= 15 is 0 Å². The average Bonchev–Trinajstić information content (AvgIpc) is 3.34. The Hall–Kier alpha value is -3.17. The number of rotatable bonds is 7. The van der Waals surface area contributed by atoms with Crippen molar-refractivity contribution in [3.05, 3.63) is 66.1 Å². The molecule has 0 radical (unpaired) electrons. The summed E-state index contributed by atoms with van der Waals surface area (Å²) in [5.41, 5.74) is 1.95. The summed E-state index contributed by atoms with van der Waals surface area (Å²) in [4.78, 5) is 3.35. The topological polar surface area (TPSA) is 102 Å². The number of H-pyrrole nitrogens is 1. The molecule has 0 aliphatic carbocycles. The Morgan fingerprint density at radius 1 is 1.13 bits per heavy atom. The van der Waals surface area contributed by atoms with E-state index in [0.29, 0.717) is 24.1 Å². The molecule has 2 N–H and O–H groups in total. The normalized spacial score (nSPS) is 12.9. The monoisotopic (exact) mass is 425 g/mol. The van der Waals surface area contributed by atoms with Crippen LogP contribution >= 0.6 is 0 Å². The molecule has 2 heterocycles. The number of hydrogen-bond acceptors (Lipinski definition) is 5. The standard InChI is InChI=1S/C21H23N5O3S/c1-4-26-20(15(3)25-30(27,28)18-9-5-14(2)6-10-18)23-24-21(26)29-17-8-7-16-11-12-22-19(16)13-17/h5-13,15,22,25H,4H2,1-3H3/t15-/m1/s1. The number of hydrogen-bond donors (Lipinski definition) is 2. The maximum Gasteiger partial charge on any atom is 0.322 e. The lowest BCUT2D eigenvalue weighted by Gasteiger charge is -2.15. The number of aryl methyl sites for hydroxylation is 1. The van der Waals surface area contributed by atoms with E-state index in [1.807, 2.05) is 44.3 Å². The summed E-state index contributed by atoms with van der Waals surface area (Å²) in [6, 6.07) is 14.1. The highest BCUT2D eigenvalue weighted by molar-refractivity contribution is 7.89. The second-order valence-corrected chi connectivity index (χ2v) is 8.78. The zero-order valence-corrected chi connectivity index (χ0v) is 17.8. The van der Waals surface area contributed by atoms with E-state index in [1.54, 1.807) is 35.8 Å². The van der Waals surface area contributed by atoms with Crippen LogP contribution in [0.1, 0.15) is 31.3 Å². The van der Waals surface area contributed by atoms with Crippen molar-refractivity contribution >= 4 is 20.9 Å². The molecule has 30 heavy (non-hydrogen) atoms. The molecule has 4 aromatic rings. The van der Waals surface area contributed by atoms with Crippen molar-refractivity contribution in [1.29, 1.82) is 0 Å². The van der Waals surface area contributed by atoms with Crippen molar-refractivity contribution in [1.82, 2.24) is 24.5 Å². The van der Waals surface area contributed by atoms with Crippen molar-refractivity contribution in [3.8, 4) is 11.8 Å². The van der Waals surface area contributed by atoms with Crippen molar-refractivity contribution in [2.45, 2.75) is 38.3 Å². The number of ether oxygens (including phenoxy) is 1. The first-order valence-electron chi connectivity index (χ1n) is 9.64. The molecule has 0 amide bonds. The Morgan fingerprint density at radius 3 is 2.63 bits per heavy atom. The second kappa shape index (κ2) is 7.92. The van der Waals surface area contributed by atoms with Crippen LogP contribution in [0.25, 0.3) is 10.9 Å². The number of benzene rings is 2. The van der Waals surface area contributed by atoms with E-state index < -0.39 is 16.1 Å². The predicted octanol–water partition coefficient (Wildman–Crippen LogP) is 3.92. The molecule has 2 aromatic heterocycles. The van der Waals surface area contributed by atoms with Gasteiger partial charge in [0.2, 0.25) is 10.0 Å². The van der Waals surface area contributed by atoms with E-state index in [0.717, 1.165) is 16.5 Å². The summed E-state index contributed by atoms with van der Waals surface area (Å²) in [6.07, 6.45) is 1.86. The molecule has 0 aliphatic heterocycles. The molecule has 9 heteroatoms. The number of sulfonamides is 1.